The number of rotatable bonds is 10. The van der Waals surface area contributed by atoms with Gasteiger partial charge in [-0.1, -0.05) is 47.1 Å². The fraction of sp³-hybridized carbons (Fsp3) is 0.444. The summed E-state index contributed by atoms with van der Waals surface area (Å²) in [6.07, 6.45) is 3.48. The van der Waals surface area contributed by atoms with Crippen molar-refractivity contribution < 1.29 is 14.1 Å². The Hall–Kier alpha value is -3.19. The number of hydrogen-bond donors (Lipinski definition) is 1. The number of hydrogen-bond acceptors (Lipinski definition) is 6. The second kappa shape index (κ2) is 11.8. The van der Waals surface area contributed by atoms with Crippen LogP contribution in [0.1, 0.15) is 43.2 Å². The molecule has 180 valence electrons. The van der Waals surface area contributed by atoms with Crippen molar-refractivity contribution >= 4 is 5.91 Å². The Balaban J connectivity index is 1.17. The van der Waals surface area contributed by atoms with Crippen LogP contribution in [0.2, 0.25) is 0 Å². The maximum absolute atomic E-state index is 12.6. The molecular weight excluding hydrogens is 428 g/mol. The van der Waals surface area contributed by atoms with E-state index >= 15 is 0 Å². The van der Waals surface area contributed by atoms with Gasteiger partial charge in [0.2, 0.25) is 17.6 Å². The molecule has 7 heteroatoms. The number of aromatic nitrogens is 2. The van der Waals surface area contributed by atoms with Crippen molar-refractivity contribution in [2.75, 3.05) is 26.2 Å². The molecule has 34 heavy (non-hydrogen) atoms. The number of nitrogens with one attached hydrogen (secondary N) is 1. The summed E-state index contributed by atoms with van der Waals surface area (Å²) < 4.78 is 11.2. The van der Waals surface area contributed by atoms with E-state index in [0.717, 1.165) is 50.1 Å². The molecule has 0 aliphatic carbocycles. The fourth-order valence-electron chi connectivity index (χ4n) is 4.41. The highest BCUT2D eigenvalue weighted by molar-refractivity contribution is 5.78. The zero-order valence-corrected chi connectivity index (χ0v) is 20.1. The molecule has 0 spiro atoms. The highest BCUT2D eigenvalue weighted by Gasteiger charge is 2.25. The Morgan fingerprint density at radius 3 is 2.79 bits per heavy atom. The molecule has 3 aromatic rings. The van der Waals surface area contributed by atoms with E-state index in [0.29, 0.717) is 31.4 Å². The summed E-state index contributed by atoms with van der Waals surface area (Å²) in [7, 11) is 0. The monoisotopic (exact) mass is 462 g/mol. The third-order valence-corrected chi connectivity index (χ3v) is 6.26. The standard InChI is InChI=1S/C27H34N4O3/c1-3-33-24-12-5-4-9-21(24)11-7-15-28-27(32)22-13-16-31(17-14-22)19-25-29-26(30-34-25)23-10-6-8-20(2)18-23/h4-6,8-10,12,18,22H,3,7,11,13-17,19H2,1-2H3,(H,28,32). The van der Waals surface area contributed by atoms with Crippen molar-refractivity contribution in [1.29, 1.82) is 0 Å². The van der Waals surface area contributed by atoms with Crippen molar-refractivity contribution in [2.24, 2.45) is 5.92 Å². The molecule has 0 saturated carbocycles. The highest BCUT2D eigenvalue weighted by atomic mass is 16.5. The van der Waals surface area contributed by atoms with Crippen LogP contribution in [-0.2, 0) is 17.8 Å². The normalized spacial score (nSPS) is 14.8. The summed E-state index contributed by atoms with van der Waals surface area (Å²) in [4.78, 5) is 19.5. The molecule has 1 fully saturated rings. The Morgan fingerprint density at radius 1 is 1.18 bits per heavy atom. The molecule has 1 saturated heterocycles. The van der Waals surface area contributed by atoms with E-state index in [1.54, 1.807) is 0 Å². The molecule has 2 heterocycles. The number of para-hydroxylation sites is 1. The zero-order valence-electron chi connectivity index (χ0n) is 20.1. The van der Waals surface area contributed by atoms with Gasteiger partial charge in [-0.3, -0.25) is 9.69 Å². The summed E-state index contributed by atoms with van der Waals surface area (Å²) in [6.45, 7) is 7.70. The predicted molar refractivity (Wildman–Crippen MR) is 131 cm³/mol. The van der Waals surface area contributed by atoms with Crippen LogP contribution in [0.3, 0.4) is 0 Å². The lowest BCUT2D eigenvalue weighted by molar-refractivity contribution is -0.126. The molecule has 0 bridgehead atoms. The van der Waals surface area contributed by atoms with E-state index in [1.165, 1.54) is 11.1 Å². The van der Waals surface area contributed by atoms with Crippen LogP contribution in [0.25, 0.3) is 11.4 Å². The van der Waals surface area contributed by atoms with Gasteiger partial charge in [0.15, 0.2) is 0 Å². The first-order valence-corrected chi connectivity index (χ1v) is 12.2. The molecular formula is C27H34N4O3. The van der Waals surface area contributed by atoms with Gasteiger partial charge in [-0.25, -0.2) is 0 Å². The molecule has 1 aromatic heterocycles. The Morgan fingerprint density at radius 2 is 2.00 bits per heavy atom. The summed E-state index contributed by atoms with van der Waals surface area (Å²) in [5.74, 6) is 2.41. The maximum atomic E-state index is 12.6. The first-order chi connectivity index (χ1) is 16.6. The number of carbonyl (C=O) groups excluding carboxylic acids is 1. The van der Waals surface area contributed by atoms with Crippen molar-refractivity contribution in [2.45, 2.75) is 46.1 Å². The van der Waals surface area contributed by atoms with E-state index in [1.807, 2.05) is 50.2 Å². The lowest BCUT2D eigenvalue weighted by atomic mass is 9.96. The van der Waals surface area contributed by atoms with Crippen LogP contribution >= 0.6 is 0 Å². The lowest BCUT2D eigenvalue weighted by Gasteiger charge is -2.30. The molecule has 0 radical (unpaired) electrons. The summed E-state index contributed by atoms with van der Waals surface area (Å²) >= 11 is 0. The molecule has 1 amide bonds. The van der Waals surface area contributed by atoms with Crippen molar-refractivity contribution in [3.8, 4) is 17.1 Å². The van der Waals surface area contributed by atoms with Gasteiger partial charge < -0.3 is 14.6 Å². The average Bonchev–Trinajstić information content (AvgIpc) is 3.32. The second-order valence-electron chi connectivity index (χ2n) is 8.87. The second-order valence-corrected chi connectivity index (χ2v) is 8.87. The van der Waals surface area contributed by atoms with Crippen LogP contribution in [0, 0.1) is 12.8 Å². The SMILES string of the molecule is CCOc1ccccc1CCCNC(=O)C1CCN(Cc2nc(-c3cccc(C)c3)no2)CC1. The number of carbonyl (C=O) groups is 1. The van der Waals surface area contributed by atoms with Crippen LogP contribution in [0.15, 0.2) is 53.1 Å². The van der Waals surface area contributed by atoms with Gasteiger partial charge in [-0.2, -0.15) is 4.98 Å². The number of nitrogens with zero attached hydrogens (tertiary/aromatic N) is 3. The molecule has 1 aliphatic heterocycles. The zero-order chi connectivity index (χ0) is 23.8. The van der Waals surface area contributed by atoms with E-state index < -0.39 is 0 Å². The summed E-state index contributed by atoms with van der Waals surface area (Å²) in [5.41, 5.74) is 3.32. The van der Waals surface area contributed by atoms with Crippen molar-refractivity contribution in [3.63, 3.8) is 0 Å². The van der Waals surface area contributed by atoms with Gasteiger partial charge in [-0.05, 0) is 70.3 Å². The van der Waals surface area contributed by atoms with E-state index in [9.17, 15) is 4.79 Å². The Bertz CT molecular complexity index is 1070. The van der Waals surface area contributed by atoms with E-state index in [2.05, 4.69) is 32.5 Å². The molecule has 0 atom stereocenters. The molecule has 1 aliphatic rings. The van der Waals surface area contributed by atoms with Crippen LogP contribution in [-0.4, -0.2) is 47.2 Å². The number of piperidine rings is 1. The smallest absolute Gasteiger partial charge is 0.241 e. The van der Waals surface area contributed by atoms with Gasteiger partial charge in [-0.15, -0.1) is 0 Å². The minimum absolute atomic E-state index is 0.0671. The maximum Gasteiger partial charge on any atom is 0.241 e. The summed E-state index contributed by atoms with van der Waals surface area (Å²) in [6, 6.07) is 16.2. The van der Waals surface area contributed by atoms with Crippen LogP contribution < -0.4 is 10.1 Å². The lowest BCUT2D eigenvalue weighted by Crippen LogP contribution is -2.40. The minimum Gasteiger partial charge on any atom is -0.494 e. The van der Waals surface area contributed by atoms with Gasteiger partial charge >= 0.3 is 0 Å². The molecule has 4 rings (SSSR count). The number of ether oxygens (including phenoxy) is 1. The quantitative estimate of drug-likeness (QED) is 0.450. The van der Waals surface area contributed by atoms with Crippen LogP contribution in [0.5, 0.6) is 5.75 Å². The topological polar surface area (TPSA) is 80.5 Å². The largest absolute Gasteiger partial charge is 0.494 e. The number of likely N-dealkylation sites (tertiary alicyclic amines) is 1. The first-order valence-electron chi connectivity index (χ1n) is 12.2. The van der Waals surface area contributed by atoms with Gasteiger partial charge in [0.1, 0.15) is 5.75 Å². The average molecular weight is 463 g/mol. The molecule has 2 aromatic carbocycles. The molecule has 7 nitrogen and oxygen atoms in total. The third kappa shape index (κ3) is 6.44. The van der Waals surface area contributed by atoms with Gasteiger partial charge in [0, 0.05) is 18.0 Å². The fourth-order valence-corrected chi connectivity index (χ4v) is 4.41. The van der Waals surface area contributed by atoms with E-state index in [-0.39, 0.29) is 11.8 Å². The third-order valence-electron chi connectivity index (χ3n) is 6.26. The predicted octanol–water partition coefficient (Wildman–Crippen LogP) is 4.40. The number of amides is 1. The van der Waals surface area contributed by atoms with Crippen LogP contribution in [0.4, 0.5) is 0 Å². The highest BCUT2D eigenvalue weighted by Crippen LogP contribution is 2.22. The molecule has 1 N–H and O–H groups in total. The van der Waals surface area contributed by atoms with Crippen molar-refractivity contribution in [1.82, 2.24) is 20.4 Å². The first kappa shape index (κ1) is 24.0. The molecule has 0 unspecified atom stereocenters. The van der Waals surface area contributed by atoms with E-state index in [4.69, 9.17) is 9.26 Å². The Labute approximate surface area is 201 Å². The number of benzene rings is 2. The van der Waals surface area contributed by atoms with Gasteiger partial charge in [0.05, 0.1) is 13.2 Å². The van der Waals surface area contributed by atoms with Crippen molar-refractivity contribution in [3.05, 3.63) is 65.5 Å². The minimum atomic E-state index is 0.0671. The van der Waals surface area contributed by atoms with Gasteiger partial charge in [0.25, 0.3) is 0 Å². The Kier molecular flexibility index (Phi) is 8.31. The number of aryl methyl sites for hydroxylation is 2. The summed E-state index contributed by atoms with van der Waals surface area (Å²) in [5, 5.41) is 7.26.